The Morgan fingerprint density at radius 1 is 0.700 bits per heavy atom. The highest BCUT2D eigenvalue weighted by Gasteiger charge is 2.04. The van der Waals surface area contributed by atoms with Crippen molar-refractivity contribution in [2.45, 2.75) is 9.79 Å². The van der Waals surface area contributed by atoms with E-state index in [1.165, 1.54) is 36.4 Å². The highest BCUT2D eigenvalue weighted by atomic mass is 32.2. The first kappa shape index (κ1) is 16.3. The lowest BCUT2D eigenvalue weighted by molar-refractivity contribution is 0.596. The van der Waals surface area contributed by atoms with Crippen LogP contribution < -0.4 is 10.3 Å². The molecule has 1 radical (unpaired) electrons. The van der Waals surface area contributed by atoms with Crippen molar-refractivity contribution >= 4 is 20.0 Å². The Balaban J connectivity index is 0.000000200. The molecule has 0 aliphatic rings. The van der Waals surface area contributed by atoms with Gasteiger partial charge in [-0.15, -0.1) is 0 Å². The molecule has 8 heteroatoms. The predicted octanol–water partition coefficient (Wildman–Crippen LogP) is 0.468. The quantitative estimate of drug-likeness (QED) is 0.837. The molecule has 0 fully saturated rings. The molecule has 107 valence electrons. The molecule has 2 rings (SSSR count). The molecular formula is C12H13N2O4S2. The van der Waals surface area contributed by atoms with E-state index in [9.17, 15) is 16.8 Å². The molecule has 0 saturated heterocycles. The maximum atomic E-state index is 10.6. The van der Waals surface area contributed by atoms with Crippen LogP contribution >= 0.6 is 0 Å². The van der Waals surface area contributed by atoms with E-state index in [1.54, 1.807) is 18.2 Å². The zero-order chi connectivity index (χ0) is 15.2. The van der Waals surface area contributed by atoms with E-state index in [2.05, 4.69) is 6.07 Å². The fraction of sp³-hybridized carbons (Fsp3) is 0. The molecule has 0 aliphatic carbocycles. The summed E-state index contributed by atoms with van der Waals surface area (Å²) in [5.41, 5.74) is 0. The molecule has 0 aromatic heterocycles. The topological polar surface area (TPSA) is 120 Å². The zero-order valence-electron chi connectivity index (χ0n) is 10.3. The van der Waals surface area contributed by atoms with Gasteiger partial charge in [-0.2, -0.15) is 0 Å². The third kappa shape index (κ3) is 5.49. The van der Waals surface area contributed by atoms with E-state index < -0.39 is 20.0 Å². The highest BCUT2D eigenvalue weighted by molar-refractivity contribution is 7.89. The minimum Gasteiger partial charge on any atom is -0.225 e. The van der Waals surface area contributed by atoms with Gasteiger partial charge < -0.3 is 0 Å². The van der Waals surface area contributed by atoms with Crippen molar-refractivity contribution in [3.63, 3.8) is 0 Å². The number of rotatable bonds is 2. The van der Waals surface area contributed by atoms with Crippen LogP contribution in [-0.2, 0) is 20.0 Å². The molecule has 6 nitrogen and oxygen atoms in total. The van der Waals surface area contributed by atoms with Crippen LogP contribution in [-0.4, -0.2) is 16.8 Å². The van der Waals surface area contributed by atoms with Gasteiger partial charge in [-0.1, -0.05) is 30.3 Å². The summed E-state index contributed by atoms with van der Waals surface area (Å²) in [5.74, 6) is 0. The first-order valence-electron chi connectivity index (χ1n) is 5.28. The maximum absolute atomic E-state index is 10.6. The van der Waals surface area contributed by atoms with Crippen LogP contribution in [0.1, 0.15) is 0 Å². The minimum absolute atomic E-state index is 0.117. The van der Waals surface area contributed by atoms with E-state index in [0.717, 1.165) is 0 Å². The molecule has 20 heavy (non-hydrogen) atoms. The lowest BCUT2D eigenvalue weighted by Crippen LogP contribution is -2.11. The van der Waals surface area contributed by atoms with Gasteiger partial charge in [0.2, 0.25) is 20.0 Å². The smallest absolute Gasteiger partial charge is 0.225 e. The van der Waals surface area contributed by atoms with Crippen molar-refractivity contribution < 1.29 is 16.8 Å². The van der Waals surface area contributed by atoms with Gasteiger partial charge in [-0.3, -0.25) is 0 Å². The van der Waals surface area contributed by atoms with Crippen molar-refractivity contribution in [3.8, 4) is 0 Å². The van der Waals surface area contributed by atoms with Crippen LogP contribution in [0.5, 0.6) is 0 Å². The summed E-state index contributed by atoms with van der Waals surface area (Å²) in [6.45, 7) is 0. The van der Waals surface area contributed by atoms with Gasteiger partial charge in [0, 0.05) is 0 Å². The molecule has 0 heterocycles. The summed E-state index contributed by atoms with van der Waals surface area (Å²) in [6.07, 6.45) is 0. The molecule has 2 aromatic carbocycles. The second kappa shape index (κ2) is 6.62. The van der Waals surface area contributed by atoms with E-state index in [1.807, 2.05) is 0 Å². The third-order valence-corrected chi connectivity index (χ3v) is 3.95. The van der Waals surface area contributed by atoms with Gasteiger partial charge in [-0.05, 0) is 30.3 Å². The van der Waals surface area contributed by atoms with Gasteiger partial charge in [0.25, 0.3) is 0 Å². The number of hydrogen-bond acceptors (Lipinski definition) is 4. The van der Waals surface area contributed by atoms with Crippen molar-refractivity contribution in [2.75, 3.05) is 0 Å². The molecule has 0 bridgehead atoms. The largest absolute Gasteiger partial charge is 0.238 e. The number of primary sulfonamides is 2. The standard InChI is InChI=1S/C6H7NO2S.C6H6NO2S/c2*7-10(8,9)6-4-2-1-3-5-6/h1-5H,(H2,7,8,9);2-5H,(H2,7,8,9). The summed E-state index contributed by atoms with van der Waals surface area (Å²) >= 11 is 0. The normalized spacial score (nSPS) is 11.3. The Labute approximate surface area is 118 Å². The number of benzene rings is 2. The minimum atomic E-state index is -3.52. The van der Waals surface area contributed by atoms with E-state index in [4.69, 9.17) is 10.3 Å². The van der Waals surface area contributed by atoms with E-state index in [0.29, 0.717) is 0 Å². The fourth-order valence-electron chi connectivity index (χ4n) is 1.17. The van der Waals surface area contributed by atoms with Crippen LogP contribution in [0.25, 0.3) is 0 Å². The summed E-state index contributed by atoms with van der Waals surface area (Å²) in [4.78, 5) is 0.265. The Hall–Kier alpha value is -1.74. The first-order valence-corrected chi connectivity index (χ1v) is 8.37. The first-order chi connectivity index (χ1) is 9.21. The van der Waals surface area contributed by atoms with Crippen LogP contribution in [0.2, 0.25) is 0 Å². The average Bonchev–Trinajstić information content (AvgIpc) is 2.40. The third-order valence-electron chi connectivity index (χ3n) is 2.09. The van der Waals surface area contributed by atoms with E-state index in [-0.39, 0.29) is 9.79 Å². The molecule has 0 amide bonds. The summed E-state index contributed by atoms with van der Waals surface area (Å²) in [7, 11) is -7.03. The molecule has 4 N–H and O–H groups in total. The molecule has 0 aliphatic heterocycles. The second-order valence-electron chi connectivity index (χ2n) is 3.64. The zero-order valence-corrected chi connectivity index (χ0v) is 11.9. The Kier molecular flexibility index (Phi) is 5.40. The van der Waals surface area contributed by atoms with E-state index >= 15 is 0 Å². The lowest BCUT2D eigenvalue weighted by atomic mass is 10.4. The molecule has 0 unspecified atom stereocenters. The fourth-order valence-corrected chi connectivity index (χ4v) is 2.22. The summed E-state index contributed by atoms with van der Waals surface area (Å²) in [6, 6.07) is 16.4. The van der Waals surface area contributed by atoms with Gasteiger partial charge >= 0.3 is 0 Å². The summed E-state index contributed by atoms with van der Waals surface area (Å²) < 4.78 is 42.4. The summed E-state index contributed by atoms with van der Waals surface area (Å²) in [5, 5.41) is 9.64. The van der Waals surface area contributed by atoms with Crippen LogP contribution in [0.15, 0.2) is 64.4 Å². The van der Waals surface area contributed by atoms with Crippen molar-refractivity contribution in [3.05, 3.63) is 60.7 Å². The van der Waals surface area contributed by atoms with Crippen molar-refractivity contribution in [2.24, 2.45) is 10.3 Å². The van der Waals surface area contributed by atoms with Gasteiger partial charge in [-0.25, -0.2) is 27.1 Å². The lowest BCUT2D eigenvalue weighted by Gasteiger charge is -1.93. The van der Waals surface area contributed by atoms with Gasteiger partial charge in [0.05, 0.1) is 9.79 Å². The SMILES string of the molecule is NS(=O)(=O)c1cc[c]cc1.NS(=O)(=O)c1ccccc1. The molecular weight excluding hydrogens is 300 g/mol. The van der Waals surface area contributed by atoms with Crippen LogP contribution in [0, 0.1) is 6.07 Å². The second-order valence-corrected chi connectivity index (χ2v) is 6.76. The number of nitrogens with two attached hydrogens (primary N) is 2. The molecule has 0 saturated carbocycles. The number of sulfonamides is 2. The Bertz CT molecular complexity index is 675. The van der Waals surface area contributed by atoms with Gasteiger partial charge in [0.1, 0.15) is 0 Å². The molecule has 2 aromatic rings. The molecule has 0 atom stereocenters. The highest BCUT2D eigenvalue weighted by Crippen LogP contribution is 2.03. The Morgan fingerprint density at radius 3 is 1.40 bits per heavy atom. The average molecular weight is 313 g/mol. The van der Waals surface area contributed by atoms with Crippen LogP contribution in [0.4, 0.5) is 0 Å². The monoisotopic (exact) mass is 313 g/mol. The Morgan fingerprint density at radius 2 is 1.10 bits per heavy atom. The van der Waals surface area contributed by atoms with Crippen molar-refractivity contribution in [1.82, 2.24) is 0 Å². The number of hydrogen-bond donors (Lipinski definition) is 2. The van der Waals surface area contributed by atoms with Gasteiger partial charge in [0.15, 0.2) is 0 Å². The maximum Gasteiger partial charge on any atom is 0.238 e. The molecule has 0 spiro atoms. The predicted molar refractivity (Wildman–Crippen MR) is 74.5 cm³/mol. The van der Waals surface area contributed by atoms with Crippen molar-refractivity contribution in [1.29, 1.82) is 0 Å². The van der Waals surface area contributed by atoms with Crippen LogP contribution in [0.3, 0.4) is 0 Å².